The van der Waals surface area contributed by atoms with Crippen LogP contribution in [0.1, 0.15) is 5.56 Å². The van der Waals surface area contributed by atoms with E-state index in [1.54, 1.807) is 12.2 Å². The number of hydrogen-bond donors (Lipinski definition) is 2. The van der Waals surface area contributed by atoms with Crippen LogP contribution >= 0.6 is 19.4 Å². The first-order valence-electron chi connectivity index (χ1n) is 5.76. The van der Waals surface area contributed by atoms with Gasteiger partial charge in [0.05, 0.1) is 4.92 Å². The van der Waals surface area contributed by atoms with E-state index in [2.05, 4.69) is 4.52 Å². The fraction of sp³-hybridized carbons (Fsp3) is 0.167. The van der Waals surface area contributed by atoms with E-state index in [1.807, 2.05) is 0 Å². The number of phosphoric acid groups is 1. The number of nitro benzene ring substituents is 1. The quantitative estimate of drug-likeness (QED) is 0.380. The Balaban J connectivity index is 2.37. The molecule has 1 aliphatic carbocycles. The molecule has 21 heavy (non-hydrogen) atoms. The third-order valence-electron chi connectivity index (χ3n) is 2.92. The highest BCUT2D eigenvalue weighted by Crippen LogP contribution is 2.47. The van der Waals surface area contributed by atoms with Crippen LogP contribution in [0.15, 0.2) is 48.6 Å². The number of nitrogens with zero attached hydrogens (tertiary/aromatic N) is 1. The SMILES string of the molecule is O=[N+]([O-])c1ccc(C2(Cl)C=CC=CC2OP(=O)(O)O)cc1. The van der Waals surface area contributed by atoms with E-state index in [1.165, 1.54) is 36.4 Å². The lowest BCUT2D eigenvalue weighted by molar-refractivity contribution is -0.384. The molecule has 0 amide bonds. The Kier molecular flexibility index (Phi) is 4.32. The zero-order chi connectivity index (χ0) is 15.7. The average Bonchev–Trinajstić information content (AvgIpc) is 2.40. The molecule has 0 spiro atoms. The van der Waals surface area contributed by atoms with Crippen LogP contribution < -0.4 is 0 Å². The summed E-state index contributed by atoms with van der Waals surface area (Å²) in [7, 11) is -4.74. The van der Waals surface area contributed by atoms with Crippen molar-refractivity contribution in [2.24, 2.45) is 0 Å². The summed E-state index contributed by atoms with van der Waals surface area (Å²) in [6.45, 7) is 0. The summed E-state index contributed by atoms with van der Waals surface area (Å²) in [6.07, 6.45) is 4.97. The predicted octanol–water partition coefficient (Wildman–Crippen LogP) is 2.63. The highest BCUT2D eigenvalue weighted by Gasteiger charge is 2.40. The lowest BCUT2D eigenvalue weighted by Gasteiger charge is -2.32. The van der Waals surface area contributed by atoms with Crippen LogP contribution in [-0.4, -0.2) is 20.8 Å². The fourth-order valence-electron chi connectivity index (χ4n) is 1.95. The number of non-ortho nitro benzene ring substituents is 1. The molecule has 2 N–H and O–H groups in total. The molecule has 0 saturated carbocycles. The van der Waals surface area contributed by atoms with E-state index in [0.717, 1.165) is 0 Å². The van der Waals surface area contributed by atoms with Gasteiger partial charge in [-0.15, -0.1) is 11.6 Å². The van der Waals surface area contributed by atoms with Gasteiger partial charge in [0.1, 0.15) is 11.0 Å². The minimum atomic E-state index is -4.74. The predicted molar refractivity (Wildman–Crippen MR) is 75.8 cm³/mol. The van der Waals surface area contributed by atoms with E-state index in [-0.39, 0.29) is 5.69 Å². The van der Waals surface area contributed by atoms with Crippen molar-refractivity contribution < 1.29 is 23.8 Å². The van der Waals surface area contributed by atoms with Crippen LogP contribution in [0, 0.1) is 10.1 Å². The number of phosphoric ester groups is 1. The van der Waals surface area contributed by atoms with Gasteiger partial charge in [-0.2, -0.15) is 0 Å². The number of benzene rings is 1. The minimum absolute atomic E-state index is 0.109. The van der Waals surface area contributed by atoms with Crippen LogP contribution in [0.5, 0.6) is 0 Å². The molecule has 0 radical (unpaired) electrons. The standard InChI is InChI=1S/C12H11ClNO6P/c13-12(9-4-6-10(7-5-9)14(15)16)8-2-1-3-11(12)20-21(17,18)19/h1-8,11H,(H2,17,18,19). The summed E-state index contributed by atoms with van der Waals surface area (Å²) in [5.41, 5.74) is 0.315. The zero-order valence-corrected chi connectivity index (χ0v) is 12.1. The topological polar surface area (TPSA) is 110 Å². The minimum Gasteiger partial charge on any atom is -0.303 e. The third-order valence-corrected chi connectivity index (χ3v) is 3.98. The zero-order valence-electron chi connectivity index (χ0n) is 10.5. The Hall–Kier alpha value is -1.50. The van der Waals surface area contributed by atoms with Gasteiger partial charge in [0.15, 0.2) is 0 Å². The Morgan fingerprint density at radius 3 is 2.43 bits per heavy atom. The van der Waals surface area contributed by atoms with Crippen molar-refractivity contribution in [3.63, 3.8) is 0 Å². The second-order valence-corrected chi connectivity index (χ2v) is 6.15. The summed E-state index contributed by atoms with van der Waals surface area (Å²) < 4.78 is 15.7. The largest absolute Gasteiger partial charge is 0.470 e. The van der Waals surface area contributed by atoms with E-state index >= 15 is 0 Å². The lowest BCUT2D eigenvalue weighted by atomic mass is 9.89. The van der Waals surface area contributed by atoms with E-state index in [0.29, 0.717) is 5.56 Å². The Bertz CT molecular complexity index is 652. The van der Waals surface area contributed by atoms with Gasteiger partial charge in [-0.25, -0.2) is 4.57 Å². The van der Waals surface area contributed by atoms with Crippen molar-refractivity contribution >= 4 is 25.1 Å². The maximum absolute atomic E-state index is 11.0. The van der Waals surface area contributed by atoms with Gasteiger partial charge < -0.3 is 9.79 Å². The maximum atomic E-state index is 11.0. The molecule has 1 aromatic rings. The van der Waals surface area contributed by atoms with Crippen LogP contribution in [0.25, 0.3) is 0 Å². The summed E-state index contributed by atoms with van der Waals surface area (Å²) in [4.78, 5) is 26.6. The first-order chi connectivity index (χ1) is 9.72. The highest BCUT2D eigenvalue weighted by atomic mass is 35.5. The lowest BCUT2D eigenvalue weighted by Crippen LogP contribution is -2.34. The number of halogens is 1. The van der Waals surface area contributed by atoms with Gasteiger partial charge in [-0.1, -0.05) is 24.3 Å². The van der Waals surface area contributed by atoms with E-state index in [4.69, 9.17) is 21.4 Å². The third kappa shape index (κ3) is 3.58. The Morgan fingerprint density at radius 2 is 1.90 bits per heavy atom. The molecule has 2 rings (SSSR count). The number of allylic oxidation sites excluding steroid dienone is 2. The molecule has 1 aliphatic rings. The molecule has 112 valence electrons. The van der Waals surface area contributed by atoms with Crippen molar-refractivity contribution in [3.8, 4) is 0 Å². The molecule has 7 nitrogen and oxygen atoms in total. The van der Waals surface area contributed by atoms with Crippen molar-refractivity contribution in [1.29, 1.82) is 0 Å². The van der Waals surface area contributed by atoms with Crippen LogP contribution in [-0.2, 0) is 14.0 Å². The van der Waals surface area contributed by atoms with Gasteiger partial charge >= 0.3 is 7.82 Å². The molecule has 2 atom stereocenters. The number of rotatable bonds is 4. The monoisotopic (exact) mass is 331 g/mol. The second-order valence-electron chi connectivity index (χ2n) is 4.33. The normalized spacial score (nSPS) is 25.0. The average molecular weight is 332 g/mol. The molecular formula is C12H11ClNO6P. The fourth-order valence-corrected chi connectivity index (χ4v) is 2.86. The van der Waals surface area contributed by atoms with E-state index in [9.17, 15) is 14.7 Å². The van der Waals surface area contributed by atoms with E-state index < -0.39 is 23.7 Å². The molecule has 0 bridgehead atoms. The first kappa shape index (κ1) is 15.9. The van der Waals surface area contributed by atoms with Crippen molar-refractivity contribution in [1.82, 2.24) is 0 Å². The van der Waals surface area contributed by atoms with Crippen LogP contribution in [0.2, 0.25) is 0 Å². The van der Waals surface area contributed by atoms with Crippen molar-refractivity contribution in [2.75, 3.05) is 0 Å². The smallest absolute Gasteiger partial charge is 0.303 e. The number of alkyl halides is 1. The first-order valence-corrected chi connectivity index (χ1v) is 7.67. The molecule has 0 fully saturated rings. The molecular weight excluding hydrogens is 321 g/mol. The van der Waals surface area contributed by atoms with Gasteiger partial charge in [-0.05, 0) is 17.7 Å². The summed E-state index contributed by atoms with van der Waals surface area (Å²) in [6, 6.07) is 5.37. The molecule has 1 aromatic carbocycles. The molecule has 0 aromatic heterocycles. The van der Waals surface area contributed by atoms with Crippen LogP contribution in [0.3, 0.4) is 0 Å². The maximum Gasteiger partial charge on any atom is 0.470 e. The number of hydrogen-bond acceptors (Lipinski definition) is 4. The molecule has 2 unspecified atom stereocenters. The van der Waals surface area contributed by atoms with Crippen molar-refractivity contribution in [2.45, 2.75) is 11.0 Å². The summed E-state index contributed by atoms with van der Waals surface area (Å²) in [5, 5.41) is 10.6. The Morgan fingerprint density at radius 1 is 1.29 bits per heavy atom. The van der Waals surface area contributed by atoms with Gasteiger partial charge in [-0.3, -0.25) is 14.6 Å². The van der Waals surface area contributed by atoms with Gasteiger partial charge in [0.2, 0.25) is 0 Å². The van der Waals surface area contributed by atoms with Gasteiger partial charge in [0, 0.05) is 12.1 Å². The molecule has 9 heteroatoms. The summed E-state index contributed by atoms with van der Waals surface area (Å²) in [5.74, 6) is 0. The van der Waals surface area contributed by atoms with Crippen molar-refractivity contribution in [3.05, 3.63) is 64.2 Å². The summed E-state index contributed by atoms with van der Waals surface area (Å²) >= 11 is 6.43. The van der Waals surface area contributed by atoms with Gasteiger partial charge in [0.25, 0.3) is 5.69 Å². The Labute approximate surface area is 124 Å². The van der Waals surface area contributed by atoms with Crippen LogP contribution in [0.4, 0.5) is 5.69 Å². The second kappa shape index (κ2) is 5.71. The number of nitro groups is 1. The molecule has 0 heterocycles. The highest BCUT2D eigenvalue weighted by molar-refractivity contribution is 7.46. The molecule has 0 aliphatic heterocycles. The molecule has 0 saturated heterocycles.